The Labute approximate surface area is 223 Å². The van der Waals surface area contributed by atoms with E-state index in [-0.39, 0.29) is 11.3 Å². The molecular weight excluding hydrogens is 496 g/mol. The molecule has 1 aromatic heterocycles. The van der Waals surface area contributed by atoms with Crippen LogP contribution in [0.3, 0.4) is 0 Å². The zero-order valence-electron chi connectivity index (χ0n) is 20.4. The van der Waals surface area contributed by atoms with Gasteiger partial charge in [0.05, 0.1) is 21.8 Å². The molecule has 6 rings (SSSR count). The molecule has 6 nitrogen and oxygen atoms in total. The van der Waals surface area contributed by atoms with Gasteiger partial charge in [0, 0.05) is 5.56 Å². The highest BCUT2D eigenvalue weighted by molar-refractivity contribution is 7.22. The van der Waals surface area contributed by atoms with Crippen molar-refractivity contribution in [1.82, 2.24) is 4.98 Å². The van der Waals surface area contributed by atoms with Gasteiger partial charge in [-0.25, -0.2) is 4.98 Å². The second kappa shape index (κ2) is 9.61. The predicted molar refractivity (Wildman–Crippen MR) is 149 cm³/mol. The number of ether oxygens (including phenoxy) is 1. The quantitative estimate of drug-likeness (QED) is 0.154. The zero-order chi connectivity index (χ0) is 26.2. The average molecular weight is 519 g/mol. The maximum Gasteiger partial charge on any atom is 0.301 e. The minimum atomic E-state index is -0.892. The van der Waals surface area contributed by atoms with E-state index < -0.39 is 17.7 Å². The van der Waals surface area contributed by atoms with Crippen LogP contribution >= 0.6 is 11.3 Å². The van der Waals surface area contributed by atoms with Crippen LogP contribution in [0.2, 0.25) is 0 Å². The van der Waals surface area contributed by atoms with Crippen molar-refractivity contribution in [3.8, 4) is 11.5 Å². The van der Waals surface area contributed by atoms with Crippen LogP contribution in [-0.2, 0) is 9.59 Å². The highest BCUT2D eigenvalue weighted by Gasteiger charge is 2.48. The van der Waals surface area contributed by atoms with E-state index in [1.807, 2.05) is 67.6 Å². The number of aliphatic hydroxyl groups excluding tert-OH is 1. The Morgan fingerprint density at radius 1 is 0.868 bits per heavy atom. The summed E-state index contributed by atoms with van der Waals surface area (Å²) in [5, 5.41) is 11.7. The second-order valence-corrected chi connectivity index (χ2v) is 10.00. The van der Waals surface area contributed by atoms with Crippen molar-refractivity contribution in [2.24, 2.45) is 0 Å². The van der Waals surface area contributed by atoms with E-state index in [9.17, 15) is 14.7 Å². The topological polar surface area (TPSA) is 79.7 Å². The fourth-order valence-corrected chi connectivity index (χ4v) is 5.68. The van der Waals surface area contributed by atoms with Crippen LogP contribution in [-0.4, -0.2) is 21.8 Å². The number of aromatic nitrogens is 1. The molecule has 1 amide bonds. The van der Waals surface area contributed by atoms with Crippen LogP contribution in [0, 0.1) is 6.92 Å². The maximum atomic E-state index is 13.5. The van der Waals surface area contributed by atoms with Gasteiger partial charge in [-0.15, -0.1) is 0 Å². The molecule has 1 aliphatic heterocycles. The van der Waals surface area contributed by atoms with Crippen molar-refractivity contribution in [3.63, 3.8) is 0 Å². The summed E-state index contributed by atoms with van der Waals surface area (Å²) in [6, 6.07) is 30.3. The number of hydrogen-bond donors (Lipinski definition) is 1. The first-order chi connectivity index (χ1) is 18.5. The number of thiazole rings is 1. The van der Waals surface area contributed by atoms with E-state index in [1.165, 1.54) is 16.2 Å². The summed E-state index contributed by atoms with van der Waals surface area (Å²) in [5.74, 6) is -0.537. The first kappa shape index (κ1) is 23.6. The number of aryl methyl sites for hydroxylation is 1. The largest absolute Gasteiger partial charge is 0.507 e. The summed E-state index contributed by atoms with van der Waals surface area (Å²) in [7, 11) is 0. The van der Waals surface area contributed by atoms with Crippen molar-refractivity contribution in [2.75, 3.05) is 4.90 Å². The number of anilines is 1. The molecule has 1 saturated heterocycles. The molecule has 0 aliphatic carbocycles. The normalized spacial score (nSPS) is 16.8. The van der Waals surface area contributed by atoms with Crippen molar-refractivity contribution in [1.29, 1.82) is 0 Å². The van der Waals surface area contributed by atoms with Gasteiger partial charge in [-0.1, -0.05) is 78.1 Å². The summed E-state index contributed by atoms with van der Waals surface area (Å²) < 4.78 is 6.94. The average Bonchev–Trinajstić information content (AvgIpc) is 3.47. The molecule has 38 heavy (non-hydrogen) atoms. The van der Waals surface area contributed by atoms with Crippen LogP contribution in [0.4, 0.5) is 5.13 Å². The molecule has 4 aromatic carbocycles. The lowest BCUT2D eigenvalue weighted by atomic mass is 9.95. The third-order valence-corrected chi connectivity index (χ3v) is 7.40. The van der Waals surface area contributed by atoms with Crippen molar-refractivity contribution in [2.45, 2.75) is 13.0 Å². The SMILES string of the molecule is Cc1ccc2nc(N3C(=O)C(=O)/C(=C(/O)c4ccccc4)C3c3cccc(Oc4ccccc4)c3)sc2c1. The molecule has 0 bridgehead atoms. The fraction of sp³-hybridized carbons (Fsp3) is 0.0645. The molecule has 1 atom stereocenters. The predicted octanol–water partition coefficient (Wildman–Crippen LogP) is 7.02. The zero-order valence-corrected chi connectivity index (χ0v) is 21.2. The third kappa shape index (κ3) is 4.23. The number of carbonyl (C=O) groups is 2. The number of para-hydroxylation sites is 1. The first-order valence-corrected chi connectivity index (χ1v) is 12.9. The van der Waals surface area contributed by atoms with Gasteiger partial charge < -0.3 is 9.84 Å². The molecule has 0 spiro atoms. The van der Waals surface area contributed by atoms with Crippen LogP contribution in [0.5, 0.6) is 11.5 Å². The highest BCUT2D eigenvalue weighted by atomic mass is 32.1. The van der Waals surface area contributed by atoms with Gasteiger partial charge in [0.1, 0.15) is 17.3 Å². The first-order valence-electron chi connectivity index (χ1n) is 12.1. The second-order valence-electron chi connectivity index (χ2n) is 8.99. The van der Waals surface area contributed by atoms with E-state index in [0.717, 1.165) is 15.8 Å². The number of amides is 1. The Bertz CT molecular complexity index is 1710. The Morgan fingerprint density at radius 2 is 1.58 bits per heavy atom. The van der Waals surface area contributed by atoms with Crippen molar-refractivity contribution >= 4 is 44.1 Å². The molecule has 0 radical (unpaired) electrons. The maximum absolute atomic E-state index is 13.5. The Morgan fingerprint density at radius 3 is 2.34 bits per heavy atom. The van der Waals surface area contributed by atoms with Gasteiger partial charge in [-0.2, -0.15) is 0 Å². The Kier molecular flexibility index (Phi) is 5.98. The molecule has 186 valence electrons. The highest BCUT2D eigenvalue weighted by Crippen LogP contribution is 2.45. The summed E-state index contributed by atoms with van der Waals surface area (Å²) in [6.45, 7) is 1.99. The molecule has 1 N–H and O–H groups in total. The number of carbonyl (C=O) groups excluding carboxylic acids is 2. The standard InChI is InChI=1S/C31H22N2O4S/c1-19-15-16-24-25(17-19)38-31(32-24)33-27(21-11-8-14-23(18-21)37-22-12-6-3-7-13-22)26(29(35)30(33)36)28(34)20-9-4-2-5-10-20/h2-18,27,34H,1H3/b28-26+. The lowest BCUT2D eigenvalue weighted by Gasteiger charge is -2.23. The van der Waals surface area contributed by atoms with E-state index in [2.05, 4.69) is 4.98 Å². The Hall–Kier alpha value is -4.75. The summed E-state index contributed by atoms with van der Waals surface area (Å²) in [6.07, 6.45) is 0. The molecule has 1 fully saturated rings. The number of hydrogen-bond acceptors (Lipinski definition) is 6. The molecule has 0 saturated carbocycles. The van der Waals surface area contributed by atoms with E-state index in [0.29, 0.717) is 27.8 Å². The van der Waals surface area contributed by atoms with Gasteiger partial charge in [0.15, 0.2) is 5.13 Å². The summed E-state index contributed by atoms with van der Waals surface area (Å²) in [5.41, 5.74) is 2.88. The van der Waals surface area contributed by atoms with Crippen LogP contribution < -0.4 is 9.64 Å². The van der Waals surface area contributed by atoms with Gasteiger partial charge in [0.25, 0.3) is 5.78 Å². The fourth-order valence-electron chi connectivity index (χ4n) is 4.59. The molecule has 1 unspecified atom stereocenters. The van der Waals surface area contributed by atoms with Gasteiger partial charge in [-0.05, 0) is 54.4 Å². The summed E-state index contributed by atoms with van der Waals surface area (Å²) in [4.78, 5) is 33.1. The van der Waals surface area contributed by atoms with E-state index in [1.54, 1.807) is 42.5 Å². The number of ketones is 1. The molecular formula is C31H22N2O4S. The van der Waals surface area contributed by atoms with Crippen molar-refractivity contribution in [3.05, 3.63) is 125 Å². The number of aliphatic hydroxyl groups is 1. The van der Waals surface area contributed by atoms with Crippen LogP contribution in [0.1, 0.15) is 22.7 Å². The monoisotopic (exact) mass is 518 g/mol. The molecule has 1 aliphatic rings. The number of rotatable bonds is 5. The minimum Gasteiger partial charge on any atom is -0.507 e. The minimum absolute atomic E-state index is 0.00787. The Balaban J connectivity index is 1.52. The number of nitrogens with zero attached hydrogens (tertiary/aromatic N) is 2. The van der Waals surface area contributed by atoms with Gasteiger partial charge in [-0.3, -0.25) is 14.5 Å². The van der Waals surface area contributed by atoms with Crippen LogP contribution in [0.25, 0.3) is 16.0 Å². The van der Waals surface area contributed by atoms with Crippen LogP contribution in [0.15, 0.2) is 109 Å². The van der Waals surface area contributed by atoms with E-state index in [4.69, 9.17) is 4.74 Å². The lowest BCUT2D eigenvalue weighted by molar-refractivity contribution is -0.132. The molecule has 7 heteroatoms. The number of fused-ring (bicyclic) bond motifs is 1. The summed E-state index contributed by atoms with van der Waals surface area (Å²) >= 11 is 1.34. The smallest absolute Gasteiger partial charge is 0.301 e. The van der Waals surface area contributed by atoms with E-state index >= 15 is 0 Å². The number of Topliss-reactive ketones (excluding diaryl/α,β-unsaturated/α-hetero) is 1. The van der Waals surface area contributed by atoms with Crippen molar-refractivity contribution < 1.29 is 19.4 Å². The number of benzene rings is 4. The van der Waals surface area contributed by atoms with Gasteiger partial charge >= 0.3 is 5.91 Å². The molecule has 2 heterocycles. The third-order valence-electron chi connectivity index (χ3n) is 6.38. The van der Waals surface area contributed by atoms with Gasteiger partial charge in [0.2, 0.25) is 0 Å². The molecule has 5 aromatic rings. The lowest BCUT2D eigenvalue weighted by Crippen LogP contribution is -2.29.